The van der Waals surface area contributed by atoms with Gasteiger partial charge in [0.1, 0.15) is 5.82 Å². The van der Waals surface area contributed by atoms with Crippen LogP contribution >= 0.6 is 23.2 Å². The van der Waals surface area contributed by atoms with Gasteiger partial charge in [-0.15, -0.1) is 0 Å². The zero-order valence-corrected chi connectivity index (χ0v) is 18.6. The molecule has 1 aliphatic carbocycles. The molecule has 0 saturated heterocycles. The van der Waals surface area contributed by atoms with Gasteiger partial charge in [-0.25, -0.2) is 9.07 Å². The fourth-order valence-corrected chi connectivity index (χ4v) is 5.36. The zero-order chi connectivity index (χ0) is 21.7. The monoisotopic (exact) mass is 457 g/mol. The van der Waals surface area contributed by atoms with Crippen molar-refractivity contribution in [2.24, 2.45) is 5.92 Å². The molecule has 1 aliphatic rings. The number of rotatable bonds is 3. The second-order valence-electron chi connectivity index (χ2n) is 8.51. The highest BCUT2D eigenvalue weighted by molar-refractivity contribution is 6.42. The second kappa shape index (κ2) is 7.95. The van der Waals surface area contributed by atoms with Gasteiger partial charge in [-0.2, -0.15) is 0 Å². The van der Waals surface area contributed by atoms with Gasteiger partial charge in [0.2, 0.25) is 0 Å². The predicted molar refractivity (Wildman–Crippen MR) is 124 cm³/mol. The van der Waals surface area contributed by atoms with Gasteiger partial charge >= 0.3 is 0 Å². The first-order valence-corrected chi connectivity index (χ1v) is 11.3. The average Bonchev–Trinajstić information content (AvgIpc) is 3.08. The van der Waals surface area contributed by atoms with E-state index in [1.165, 1.54) is 11.6 Å². The molecule has 0 aliphatic heterocycles. The van der Waals surface area contributed by atoms with Gasteiger partial charge in [-0.3, -0.25) is 14.9 Å². The Morgan fingerprint density at radius 1 is 1.06 bits per heavy atom. The third kappa shape index (κ3) is 3.64. The molecule has 1 fully saturated rings. The molecule has 1 N–H and O–H groups in total. The summed E-state index contributed by atoms with van der Waals surface area (Å²) in [4.78, 5) is 17.3. The standard InChI is InChI=1S/C24H22Cl2FN3O/c1-13(30-24(31)19-11-20(25)21(26)12-23(19)29-30)14-2-4-15(5-3-14)17-8-9-28-22-7-6-16(27)10-18(17)22/h6-15,29H,2-5H2,1H3/t13-,14-,15+/m1/s1. The van der Waals surface area contributed by atoms with E-state index in [1.807, 2.05) is 12.3 Å². The Labute approximate surface area is 189 Å². The lowest BCUT2D eigenvalue weighted by molar-refractivity contribution is 0.233. The van der Waals surface area contributed by atoms with Crippen molar-refractivity contribution in [1.29, 1.82) is 0 Å². The van der Waals surface area contributed by atoms with Crippen LogP contribution in [0, 0.1) is 11.7 Å². The Morgan fingerprint density at radius 3 is 2.58 bits per heavy atom. The van der Waals surface area contributed by atoms with E-state index >= 15 is 0 Å². The molecule has 5 rings (SSSR count). The molecular formula is C24H22Cl2FN3O. The molecule has 160 valence electrons. The number of aromatic amines is 1. The van der Waals surface area contributed by atoms with E-state index in [0.717, 1.165) is 36.6 Å². The molecule has 1 atom stereocenters. The lowest BCUT2D eigenvalue weighted by Gasteiger charge is -2.33. The van der Waals surface area contributed by atoms with E-state index in [0.29, 0.717) is 32.8 Å². The highest BCUT2D eigenvalue weighted by Gasteiger charge is 2.29. The van der Waals surface area contributed by atoms with E-state index in [-0.39, 0.29) is 17.4 Å². The predicted octanol–water partition coefficient (Wildman–Crippen LogP) is 6.86. The third-order valence-electron chi connectivity index (χ3n) is 6.79. The van der Waals surface area contributed by atoms with Crippen LogP contribution in [0.4, 0.5) is 4.39 Å². The molecule has 2 heterocycles. The molecule has 0 spiro atoms. The van der Waals surface area contributed by atoms with Crippen molar-refractivity contribution >= 4 is 45.0 Å². The number of pyridine rings is 1. The molecule has 1 saturated carbocycles. The minimum atomic E-state index is -0.234. The molecule has 0 amide bonds. The van der Waals surface area contributed by atoms with Crippen molar-refractivity contribution < 1.29 is 4.39 Å². The number of nitrogens with one attached hydrogen (secondary N) is 1. The SMILES string of the molecule is C[C@H]([C@H]1CC[C@@H](c2ccnc3ccc(F)cc32)CC1)n1[nH]c2cc(Cl)c(Cl)cc2c1=O. The maximum atomic E-state index is 13.8. The van der Waals surface area contributed by atoms with Crippen molar-refractivity contribution in [2.45, 2.75) is 44.6 Å². The van der Waals surface area contributed by atoms with Gasteiger partial charge in [0.05, 0.1) is 32.5 Å². The van der Waals surface area contributed by atoms with Crippen LogP contribution in [0.5, 0.6) is 0 Å². The van der Waals surface area contributed by atoms with Crippen molar-refractivity contribution in [3.63, 3.8) is 0 Å². The topological polar surface area (TPSA) is 50.7 Å². The first-order chi connectivity index (χ1) is 14.9. The van der Waals surface area contributed by atoms with Gasteiger partial charge in [-0.05, 0) is 86.4 Å². The number of aromatic nitrogens is 3. The minimum Gasteiger partial charge on any atom is -0.295 e. The van der Waals surface area contributed by atoms with Gasteiger partial charge < -0.3 is 0 Å². The van der Waals surface area contributed by atoms with Crippen molar-refractivity contribution in [1.82, 2.24) is 14.8 Å². The van der Waals surface area contributed by atoms with Crippen LogP contribution in [0.1, 0.15) is 50.1 Å². The fraction of sp³-hybridized carbons (Fsp3) is 0.333. The molecule has 2 aromatic carbocycles. The molecule has 7 heteroatoms. The zero-order valence-electron chi connectivity index (χ0n) is 17.0. The third-order valence-corrected chi connectivity index (χ3v) is 7.51. The Kier molecular flexibility index (Phi) is 5.27. The van der Waals surface area contributed by atoms with Gasteiger partial charge in [0.25, 0.3) is 5.56 Å². The van der Waals surface area contributed by atoms with E-state index in [4.69, 9.17) is 23.2 Å². The molecule has 0 radical (unpaired) electrons. The summed E-state index contributed by atoms with van der Waals surface area (Å²) in [5.74, 6) is 0.507. The number of fused-ring (bicyclic) bond motifs is 2. The van der Waals surface area contributed by atoms with Crippen molar-refractivity contribution in [3.05, 3.63) is 74.4 Å². The number of H-pyrrole nitrogens is 1. The Bertz CT molecular complexity index is 1340. The number of hydrogen-bond donors (Lipinski definition) is 1. The summed E-state index contributed by atoms with van der Waals surface area (Å²) in [5.41, 5.74) is 2.63. The minimum absolute atomic E-state index is 0.0324. The van der Waals surface area contributed by atoms with Gasteiger partial charge in [0.15, 0.2) is 0 Å². The molecule has 0 unspecified atom stereocenters. The summed E-state index contributed by atoms with van der Waals surface area (Å²) < 4.78 is 15.5. The number of nitrogens with zero attached hydrogens (tertiary/aromatic N) is 2. The highest BCUT2D eigenvalue weighted by atomic mass is 35.5. The molecule has 4 aromatic rings. The van der Waals surface area contributed by atoms with Crippen LogP contribution < -0.4 is 5.56 Å². The maximum absolute atomic E-state index is 13.8. The normalized spacial score (nSPS) is 20.4. The summed E-state index contributed by atoms with van der Waals surface area (Å²) in [6.07, 6.45) is 5.79. The first kappa shape index (κ1) is 20.5. The lowest BCUT2D eigenvalue weighted by atomic mass is 9.75. The van der Waals surface area contributed by atoms with Crippen LogP contribution in [0.3, 0.4) is 0 Å². The van der Waals surface area contributed by atoms with Crippen molar-refractivity contribution in [2.75, 3.05) is 0 Å². The molecular weight excluding hydrogens is 436 g/mol. The molecule has 31 heavy (non-hydrogen) atoms. The van der Waals surface area contributed by atoms with E-state index in [2.05, 4.69) is 17.0 Å². The summed E-state index contributed by atoms with van der Waals surface area (Å²) >= 11 is 12.2. The Morgan fingerprint density at radius 2 is 1.81 bits per heavy atom. The average molecular weight is 458 g/mol. The number of halogens is 3. The fourth-order valence-electron chi connectivity index (χ4n) is 5.03. The van der Waals surface area contributed by atoms with E-state index in [1.54, 1.807) is 28.9 Å². The first-order valence-electron chi connectivity index (χ1n) is 10.6. The Hall–Kier alpha value is -2.37. The Balaban J connectivity index is 1.38. The number of hydrogen-bond acceptors (Lipinski definition) is 2. The van der Waals surface area contributed by atoms with Crippen molar-refractivity contribution in [3.8, 4) is 0 Å². The van der Waals surface area contributed by atoms with E-state index in [9.17, 15) is 9.18 Å². The van der Waals surface area contributed by atoms with Crippen LogP contribution in [-0.2, 0) is 0 Å². The van der Waals surface area contributed by atoms with E-state index < -0.39 is 0 Å². The quantitative estimate of drug-likeness (QED) is 0.365. The van der Waals surface area contributed by atoms with Crippen LogP contribution in [0.25, 0.3) is 21.8 Å². The van der Waals surface area contributed by atoms with Gasteiger partial charge in [0, 0.05) is 11.6 Å². The summed E-state index contributed by atoms with van der Waals surface area (Å²) in [7, 11) is 0. The molecule has 0 bridgehead atoms. The maximum Gasteiger partial charge on any atom is 0.274 e. The van der Waals surface area contributed by atoms with Crippen LogP contribution in [-0.4, -0.2) is 14.8 Å². The summed E-state index contributed by atoms with van der Waals surface area (Å²) in [6, 6.07) is 10.2. The summed E-state index contributed by atoms with van der Waals surface area (Å²) in [5, 5.41) is 5.48. The highest BCUT2D eigenvalue weighted by Crippen LogP contribution is 2.41. The van der Waals surface area contributed by atoms with Crippen LogP contribution in [0.2, 0.25) is 10.0 Å². The lowest BCUT2D eigenvalue weighted by Crippen LogP contribution is -2.28. The second-order valence-corrected chi connectivity index (χ2v) is 9.33. The summed E-state index contributed by atoms with van der Waals surface area (Å²) in [6.45, 7) is 2.09. The molecule has 2 aromatic heterocycles. The van der Waals surface area contributed by atoms with Gasteiger partial charge in [-0.1, -0.05) is 23.2 Å². The number of benzene rings is 2. The smallest absolute Gasteiger partial charge is 0.274 e. The van der Waals surface area contributed by atoms with Crippen LogP contribution in [0.15, 0.2) is 47.4 Å². The largest absolute Gasteiger partial charge is 0.295 e. The molecule has 4 nitrogen and oxygen atoms in total.